The molecule has 3 rings (SSSR count). The van der Waals surface area contributed by atoms with Crippen LogP contribution in [-0.2, 0) is 17.9 Å². The second kappa shape index (κ2) is 8.67. The maximum absolute atomic E-state index is 12.3. The number of benzene rings is 2. The zero-order chi connectivity index (χ0) is 17.5. The third-order valence-corrected chi connectivity index (χ3v) is 4.63. The fourth-order valence-corrected chi connectivity index (χ4v) is 3.15. The van der Waals surface area contributed by atoms with Gasteiger partial charge in [0.05, 0.1) is 0 Å². The van der Waals surface area contributed by atoms with Crippen molar-refractivity contribution in [2.24, 2.45) is 5.92 Å². The van der Waals surface area contributed by atoms with Crippen LogP contribution < -0.4 is 15.4 Å². The van der Waals surface area contributed by atoms with Crippen LogP contribution >= 0.6 is 0 Å². The van der Waals surface area contributed by atoms with Crippen molar-refractivity contribution in [3.8, 4) is 5.75 Å². The summed E-state index contributed by atoms with van der Waals surface area (Å²) in [7, 11) is 0. The molecule has 2 N–H and O–H groups in total. The Bertz CT molecular complexity index is 670. The van der Waals surface area contributed by atoms with Crippen LogP contribution in [0.15, 0.2) is 54.6 Å². The summed E-state index contributed by atoms with van der Waals surface area (Å²) in [6.07, 6.45) is 1.83. The number of rotatable bonds is 6. The standard InChI is InChI=1S/C21H26N2O2/c1-16-13-19(11-12-22-16)21(24)23-14-17-7-9-20(10-8-17)25-15-18-5-3-2-4-6-18/h2-10,16,19,22H,11-15H2,1H3,(H,23,24)/t16-,19-/m0/s1. The van der Waals surface area contributed by atoms with Gasteiger partial charge in [0, 0.05) is 18.5 Å². The van der Waals surface area contributed by atoms with Crippen molar-refractivity contribution in [1.29, 1.82) is 0 Å². The fraction of sp³-hybridized carbons (Fsp3) is 0.381. The smallest absolute Gasteiger partial charge is 0.223 e. The zero-order valence-corrected chi connectivity index (χ0v) is 14.7. The second-order valence-corrected chi connectivity index (χ2v) is 6.71. The number of amides is 1. The average molecular weight is 338 g/mol. The highest BCUT2D eigenvalue weighted by Crippen LogP contribution is 2.17. The van der Waals surface area contributed by atoms with Gasteiger partial charge in [0.2, 0.25) is 5.91 Å². The van der Waals surface area contributed by atoms with Crippen molar-refractivity contribution in [3.05, 3.63) is 65.7 Å². The van der Waals surface area contributed by atoms with E-state index in [1.54, 1.807) is 0 Å². The molecule has 2 aromatic carbocycles. The Balaban J connectivity index is 1.45. The number of carbonyl (C=O) groups excluding carboxylic acids is 1. The van der Waals surface area contributed by atoms with Gasteiger partial charge in [-0.1, -0.05) is 42.5 Å². The molecule has 0 saturated carbocycles. The minimum absolute atomic E-state index is 0.129. The molecule has 1 amide bonds. The summed E-state index contributed by atoms with van der Waals surface area (Å²) in [5, 5.41) is 6.44. The third kappa shape index (κ3) is 5.33. The topological polar surface area (TPSA) is 50.4 Å². The van der Waals surface area contributed by atoms with Crippen molar-refractivity contribution in [1.82, 2.24) is 10.6 Å². The Morgan fingerprint density at radius 3 is 2.60 bits per heavy atom. The lowest BCUT2D eigenvalue weighted by molar-refractivity contribution is -0.126. The van der Waals surface area contributed by atoms with E-state index in [0.717, 1.165) is 36.3 Å². The monoisotopic (exact) mass is 338 g/mol. The van der Waals surface area contributed by atoms with Gasteiger partial charge in [-0.25, -0.2) is 0 Å². The molecule has 4 nitrogen and oxygen atoms in total. The van der Waals surface area contributed by atoms with Crippen molar-refractivity contribution in [2.75, 3.05) is 6.54 Å². The van der Waals surface area contributed by atoms with Crippen LogP contribution in [0.2, 0.25) is 0 Å². The third-order valence-electron chi connectivity index (χ3n) is 4.63. The number of carbonyl (C=O) groups is 1. The lowest BCUT2D eigenvalue weighted by Gasteiger charge is -2.27. The molecule has 0 aliphatic carbocycles. The van der Waals surface area contributed by atoms with Crippen LogP contribution in [0.1, 0.15) is 30.9 Å². The molecule has 1 aliphatic heterocycles. The van der Waals surface area contributed by atoms with Gasteiger partial charge in [-0.15, -0.1) is 0 Å². The number of nitrogens with one attached hydrogen (secondary N) is 2. The van der Waals surface area contributed by atoms with Gasteiger partial charge in [0.15, 0.2) is 0 Å². The summed E-state index contributed by atoms with van der Waals surface area (Å²) in [6, 6.07) is 18.5. The largest absolute Gasteiger partial charge is 0.489 e. The first kappa shape index (κ1) is 17.5. The molecule has 1 fully saturated rings. The van der Waals surface area contributed by atoms with Gasteiger partial charge >= 0.3 is 0 Å². The first-order chi connectivity index (χ1) is 12.2. The van der Waals surface area contributed by atoms with Gasteiger partial charge in [0.1, 0.15) is 12.4 Å². The number of hydrogen-bond donors (Lipinski definition) is 2. The van der Waals surface area contributed by atoms with Crippen molar-refractivity contribution >= 4 is 5.91 Å². The predicted octanol–water partition coefficient (Wildman–Crippen LogP) is 3.27. The molecule has 132 valence electrons. The van der Waals surface area contributed by atoms with Crippen LogP contribution in [-0.4, -0.2) is 18.5 Å². The molecule has 2 atom stereocenters. The number of piperidine rings is 1. The van der Waals surface area contributed by atoms with Gasteiger partial charge in [0.25, 0.3) is 0 Å². The summed E-state index contributed by atoms with van der Waals surface area (Å²) >= 11 is 0. The maximum Gasteiger partial charge on any atom is 0.223 e. The first-order valence-electron chi connectivity index (χ1n) is 8.97. The SMILES string of the molecule is C[C@H]1C[C@@H](C(=O)NCc2ccc(OCc3ccccc3)cc2)CCN1. The fourth-order valence-electron chi connectivity index (χ4n) is 3.15. The molecular formula is C21H26N2O2. The van der Waals surface area contributed by atoms with E-state index in [-0.39, 0.29) is 11.8 Å². The molecule has 1 aliphatic rings. The summed E-state index contributed by atoms with van der Waals surface area (Å²) in [6.45, 7) is 4.18. The zero-order valence-electron chi connectivity index (χ0n) is 14.7. The van der Waals surface area contributed by atoms with Crippen LogP contribution in [0.4, 0.5) is 0 Å². The van der Waals surface area contributed by atoms with Gasteiger partial charge in [-0.3, -0.25) is 4.79 Å². The lowest BCUT2D eigenvalue weighted by atomic mass is 9.92. The second-order valence-electron chi connectivity index (χ2n) is 6.71. The maximum atomic E-state index is 12.3. The van der Waals surface area contributed by atoms with Gasteiger partial charge in [-0.2, -0.15) is 0 Å². The van der Waals surface area contributed by atoms with Crippen molar-refractivity contribution in [3.63, 3.8) is 0 Å². The Morgan fingerprint density at radius 1 is 1.12 bits per heavy atom. The van der Waals surface area contributed by atoms with E-state index in [0.29, 0.717) is 19.2 Å². The van der Waals surface area contributed by atoms with E-state index in [4.69, 9.17) is 4.74 Å². The van der Waals surface area contributed by atoms with E-state index < -0.39 is 0 Å². The van der Waals surface area contributed by atoms with Gasteiger partial charge in [-0.05, 0) is 49.6 Å². The van der Waals surface area contributed by atoms with Crippen LogP contribution in [0.3, 0.4) is 0 Å². The molecule has 2 aromatic rings. The molecule has 1 heterocycles. The highest BCUT2D eigenvalue weighted by Gasteiger charge is 2.24. The number of hydrogen-bond acceptors (Lipinski definition) is 3. The Kier molecular flexibility index (Phi) is 6.07. The van der Waals surface area contributed by atoms with E-state index in [1.165, 1.54) is 0 Å². The molecule has 0 bridgehead atoms. The van der Waals surface area contributed by atoms with E-state index in [1.807, 2.05) is 54.6 Å². The summed E-state index contributed by atoms with van der Waals surface area (Å²) in [4.78, 5) is 12.3. The first-order valence-corrected chi connectivity index (χ1v) is 8.97. The predicted molar refractivity (Wildman–Crippen MR) is 99.3 cm³/mol. The van der Waals surface area contributed by atoms with Crippen LogP contribution in [0, 0.1) is 5.92 Å². The van der Waals surface area contributed by atoms with Crippen LogP contribution in [0.25, 0.3) is 0 Å². The van der Waals surface area contributed by atoms with E-state index in [9.17, 15) is 4.79 Å². The molecule has 1 saturated heterocycles. The minimum Gasteiger partial charge on any atom is -0.489 e. The minimum atomic E-state index is 0.129. The average Bonchev–Trinajstić information content (AvgIpc) is 2.66. The van der Waals surface area contributed by atoms with E-state index in [2.05, 4.69) is 17.6 Å². The highest BCUT2D eigenvalue weighted by atomic mass is 16.5. The van der Waals surface area contributed by atoms with E-state index >= 15 is 0 Å². The van der Waals surface area contributed by atoms with Crippen molar-refractivity contribution in [2.45, 2.75) is 39.0 Å². The molecule has 25 heavy (non-hydrogen) atoms. The van der Waals surface area contributed by atoms with Crippen molar-refractivity contribution < 1.29 is 9.53 Å². The molecular weight excluding hydrogens is 312 g/mol. The Hall–Kier alpha value is -2.33. The summed E-state index contributed by atoms with van der Waals surface area (Å²) < 4.78 is 5.79. The number of ether oxygens (including phenoxy) is 1. The Labute approximate surface area is 149 Å². The quantitative estimate of drug-likeness (QED) is 0.850. The lowest BCUT2D eigenvalue weighted by Crippen LogP contribution is -2.42. The highest BCUT2D eigenvalue weighted by molar-refractivity contribution is 5.78. The van der Waals surface area contributed by atoms with Gasteiger partial charge < -0.3 is 15.4 Å². The molecule has 0 radical (unpaired) electrons. The summed E-state index contributed by atoms with van der Waals surface area (Å²) in [5.74, 6) is 1.13. The molecule has 4 heteroatoms. The normalized spacial score (nSPS) is 20.0. The molecule has 0 spiro atoms. The Morgan fingerprint density at radius 2 is 1.88 bits per heavy atom. The van der Waals surface area contributed by atoms with Crippen LogP contribution in [0.5, 0.6) is 5.75 Å². The molecule has 0 unspecified atom stereocenters. The molecule has 0 aromatic heterocycles. The summed E-state index contributed by atoms with van der Waals surface area (Å²) in [5.41, 5.74) is 2.23.